The molecule has 0 amide bonds. The number of hydrogen-bond donors (Lipinski definition) is 1. The van der Waals surface area contributed by atoms with Crippen molar-refractivity contribution in [1.82, 2.24) is 0 Å². The van der Waals surface area contributed by atoms with Crippen LogP contribution < -0.4 is 0 Å². The molecule has 0 saturated heterocycles. The maximum Gasteiger partial charge on any atom is 0.309 e. The van der Waals surface area contributed by atoms with Crippen molar-refractivity contribution in [3.8, 4) is 11.1 Å². The van der Waals surface area contributed by atoms with E-state index in [4.69, 9.17) is 4.74 Å². The van der Waals surface area contributed by atoms with Crippen molar-refractivity contribution in [2.45, 2.75) is 71.8 Å². The molecular formula is C28H36O5. The molecule has 0 aliphatic heterocycles. The van der Waals surface area contributed by atoms with Crippen molar-refractivity contribution >= 4 is 18.2 Å². The second-order valence-electron chi connectivity index (χ2n) is 9.62. The molecular weight excluding hydrogens is 416 g/mol. The number of benzene rings is 2. The van der Waals surface area contributed by atoms with Crippen LogP contribution in [-0.4, -0.2) is 28.9 Å². The fourth-order valence-corrected chi connectivity index (χ4v) is 3.81. The molecule has 2 aromatic rings. The number of carboxylic acids is 1. The summed E-state index contributed by atoms with van der Waals surface area (Å²) < 4.78 is 5.56. The number of unbranched alkanes of at least 4 members (excludes halogenated alkanes) is 1. The average Bonchev–Trinajstić information content (AvgIpc) is 2.77. The van der Waals surface area contributed by atoms with Crippen molar-refractivity contribution in [2.24, 2.45) is 11.8 Å². The first-order valence-electron chi connectivity index (χ1n) is 11.7. The quantitative estimate of drug-likeness (QED) is 0.300. The van der Waals surface area contributed by atoms with E-state index in [0.29, 0.717) is 31.2 Å². The Hall–Kier alpha value is -2.95. The molecule has 0 aliphatic carbocycles. The highest BCUT2D eigenvalue weighted by atomic mass is 16.6. The standard InChI is InChI=1S/C28H36O5/c1-5-6-7-25(27(32)33-28(2,3)4)18-24(26(30)31)17-10-20-8-13-22(14-9-20)23-15-11-21(19-29)12-16-23/h8-9,11-16,19,24-25H,5-7,10,17-18H2,1-4H3,(H,30,31)/t24-,25+/m1/s1. The largest absolute Gasteiger partial charge is 0.481 e. The van der Waals surface area contributed by atoms with Gasteiger partial charge in [0.2, 0.25) is 0 Å². The maximum atomic E-state index is 12.7. The van der Waals surface area contributed by atoms with Gasteiger partial charge in [-0.3, -0.25) is 14.4 Å². The first-order chi connectivity index (χ1) is 15.6. The van der Waals surface area contributed by atoms with Crippen LogP contribution in [0.5, 0.6) is 0 Å². The number of carbonyl (C=O) groups excluding carboxylic acids is 2. The van der Waals surface area contributed by atoms with Gasteiger partial charge in [-0.1, -0.05) is 68.3 Å². The molecule has 5 nitrogen and oxygen atoms in total. The Kier molecular flexibility index (Phi) is 9.83. The lowest BCUT2D eigenvalue weighted by Gasteiger charge is -2.25. The van der Waals surface area contributed by atoms with Gasteiger partial charge < -0.3 is 9.84 Å². The minimum absolute atomic E-state index is 0.297. The summed E-state index contributed by atoms with van der Waals surface area (Å²) in [6.45, 7) is 7.55. The lowest BCUT2D eigenvalue weighted by atomic mass is 9.86. The third kappa shape index (κ3) is 8.83. The molecule has 33 heavy (non-hydrogen) atoms. The number of aliphatic carboxylic acids is 1. The van der Waals surface area contributed by atoms with Gasteiger partial charge >= 0.3 is 11.9 Å². The van der Waals surface area contributed by atoms with E-state index in [1.54, 1.807) is 12.1 Å². The Morgan fingerprint density at radius 1 is 0.939 bits per heavy atom. The first kappa shape index (κ1) is 26.3. The smallest absolute Gasteiger partial charge is 0.309 e. The third-order valence-electron chi connectivity index (χ3n) is 5.68. The monoisotopic (exact) mass is 452 g/mol. The first-order valence-corrected chi connectivity index (χ1v) is 11.7. The molecule has 178 valence electrons. The van der Waals surface area contributed by atoms with Crippen LogP contribution in [0.4, 0.5) is 0 Å². The number of rotatable bonds is 12. The molecule has 0 heterocycles. The normalized spacial score (nSPS) is 13.2. The molecule has 0 radical (unpaired) electrons. The van der Waals surface area contributed by atoms with Gasteiger partial charge in [0.1, 0.15) is 11.9 Å². The second kappa shape index (κ2) is 12.3. The van der Waals surface area contributed by atoms with Gasteiger partial charge in [0.05, 0.1) is 11.8 Å². The third-order valence-corrected chi connectivity index (χ3v) is 5.68. The Labute approximate surface area is 197 Å². The molecule has 2 rings (SSSR count). The molecule has 0 saturated carbocycles. The minimum Gasteiger partial charge on any atom is -0.481 e. The molecule has 0 bridgehead atoms. The highest BCUT2D eigenvalue weighted by Gasteiger charge is 2.30. The molecule has 5 heteroatoms. The van der Waals surface area contributed by atoms with Gasteiger partial charge in [0.25, 0.3) is 0 Å². The highest BCUT2D eigenvalue weighted by Crippen LogP contribution is 2.27. The summed E-state index contributed by atoms with van der Waals surface area (Å²) in [4.78, 5) is 35.5. The topological polar surface area (TPSA) is 80.7 Å². The van der Waals surface area contributed by atoms with Gasteiger partial charge in [-0.05, 0) is 63.1 Å². The maximum absolute atomic E-state index is 12.7. The van der Waals surface area contributed by atoms with E-state index < -0.39 is 23.4 Å². The average molecular weight is 453 g/mol. The van der Waals surface area contributed by atoms with E-state index in [-0.39, 0.29) is 5.97 Å². The van der Waals surface area contributed by atoms with Crippen molar-refractivity contribution in [2.75, 3.05) is 0 Å². The zero-order chi connectivity index (χ0) is 24.4. The van der Waals surface area contributed by atoms with Gasteiger partial charge in [-0.15, -0.1) is 0 Å². The predicted molar refractivity (Wildman–Crippen MR) is 130 cm³/mol. The van der Waals surface area contributed by atoms with E-state index in [0.717, 1.165) is 35.8 Å². The van der Waals surface area contributed by atoms with Gasteiger partial charge in [0, 0.05) is 5.56 Å². The summed E-state index contributed by atoms with van der Waals surface area (Å²) in [5, 5.41) is 9.80. The lowest BCUT2D eigenvalue weighted by Crippen LogP contribution is -2.31. The van der Waals surface area contributed by atoms with Crippen LogP contribution in [0, 0.1) is 11.8 Å². The van der Waals surface area contributed by atoms with Gasteiger partial charge in [-0.25, -0.2) is 0 Å². The van der Waals surface area contributed by atoms with Crippen LogP contribution in [0.2, 0.25) is 0 Å². The van der Waals surface area contributed by atoms with E-state index in [1.807, 2.05) is 57.2 Å². The van der Waals surface area contributed by atoms with Crippen LogP contribution in [0.25, 0.3) is 11.1 Å². The predicted octanol–water partition coefficient (Wildman–Crippen LogP) is 6.34. The Morgan fingerprint density at radius 3 is 2.00 bits per heavy atom. The Balaban J connectivity index is 2.03. The fraction of sp³-hybridized carbons (Fsp3) is 0.464. The number of carbonyl (C=O) groups is 3. The number of carboxylic acid groups (broad SMARTS) is 1. The molecule has 1 N–H and O–H groups in total. The number of hydrogen-bond acceptors (Lipinski definition) is 4. The number of ether oxygens (including phenoxy) is 1. The lowest BCUT2D eigenvalue weighted by molar-refractivity contribution is -0.161. The van der Waals surface area contributed by atoms with E-state index in [2.05, 4.69) is 6.92 Å². The molecule has 2 atom stereocenters. The molecule has 0 fully saturated rings. The molecule has 2 aromatic carbocycles. The van der Waals surface area contributed by atoms with Crippen LogP contribution in [0.1, 0.15) is 75.7 Å². The summed E-state index contributed by atoms with van der Waals surface area (Å²) in [7, 11) is 0. The van der Waals surface area contributed by atoms with Crippen molar-refractivity contribution in [3.05, 3.63) is 59.7 Å². The summed E-state index contributed by atoms with van der Waals surface area (Å²) in [6, 6.07) is 15.4. The van der Waals surface area contributed by atoms with Crippen molar-refractivity contribution < 1.29 is 24.2 Å². The van der Waals surface area contributed by atoms with Crippen LogP contribution in [-0.2, 0) is 20.7 Å². The number of esters is 1. The summed E-state index contributed by atoms with van der Waals surface area (Å²) in [6.07, 6.45) is 4.66. The zero-order valence-electron chi connectivity index (χ0n) is 20.2. The molecule has 0 spiro atoms. The van der Waals surface area contributed by atoms with Gasteiger partial charge in [0.15, 0.2) is 0 Å². The summed E-state index contributed by atoms with van der Waals surface area (Å²) in [5.74, 6) is -2.17. The molecule has 0 aromatic heterocycles. The SMILES string of the molecule is CCCC[C@@H](C[C@@H](CCc1ccc(-c2ccc(C=O)cc2)cc1)C(=O)O)C(=O)OC(C)(C)C. The van der Waals surface area contributed by atoms with Crippen molar-refractivity contribution in [3.63, 3.8) is 0 Å². The fourth-order valence-electron chi connectivity index (χ4n) is 3.81. The Morgan fingerprint density at radius 2 is 1.52 bits per heavy atom. The Bertz CT molecular complexity index is 907. The minimum atomic E-state index is -0.869. The number of aryl methyl sites for hydroxylation is 1. The van der Waals surface area contributed by atoms with Gasteiger partial charge in [-0.2, -0.15) is 0 Å². The zero-order valence-corrected chi connectivity index (χ0v) is 20.2. The van der Waals surface area contributed by atoms with Crippen LogP contribution in [0.3, 0.4) is 0 Å². The van der Waals surface area contributed by atoms with Crippen LogP contribution >= 0.6 is 0 Å². The summed E-state index contributed by atoms with van der Waals surface area (Å²) >= 11 is 0. The van der Waals surface area contributed by atoms with E-state index >= 15 is 0 Å². The second-order valence-corrected chi connectivity index (χ2v) is 9.62. The van der Waals surface area contributed by atoms with E-state index in [9.17, 15) is 19.5 Å². The highest BCUT2D eigenvalue weighted by molar-refractivity contribution is 5.77. The number of aldehydes is 1. The van der Waals surface area contributed by atoms with E-state index in [1.165, 1.54) is 0 Å². The van der Waals surface area contributed by atoms with Crippen molar-refractivity contribution in [1.29, 1.82) is 0 Å². The molecule has 0 aliphatic rings. The summed E-state index contributed by atoms with van der Waals surface area (Å²) in [5.41, 5.74) is 3.16. The van der Waals surface area contributed by atoms with Crippen LogP contribution in [0.15, 0.2) is 48.5 Å². The molecule has 0 unspecified atom stereocenters.